The standard InChI is InChI=1S/C19H25NO3/c1-14-12-15(8-4-3-7-11-21)16-13-18(22)23-19(16,2)17-9-5-6-10-20(14)17/h12-14,17,21H,3,5-7,9-11H2,1-2H3/t14-,17+,19-/m0/s1. The third-order valence-corrected chi connectivity index (χ3v) is 5.19. The van der Waals surface area contributed by atoms with Crippen LogP contribution in [0.5, 0.6) is 0 Å². The topological polar surface area (TPSA) is 49.8 Å². The first-order valence-corrected chi connectivity index (χ1v) is 8.59. The summed E-state index contributed by atoms with van der Waals surface area (Å²) in [5, 5.41) is 8.89. The molecule has 3 atom stereocenters. The lowest BCUT2D eigenvalue weighted by molar-refractivity contribution is -0.151. The van der Waals surface area contributed by atoms with Crippen LogP contribution in [0.2, 0.25) is 0 Å². The Hall–Kier alpha value is -1.57. The van der Waals surface area contributed by atoms with E-state index in [2.05, 4.69) is 29.7 Å². The molecule has 0 radical (unpaired) electrons. The van der Waals surface area contributed by atoms with Crippen molar-refractivity contribution in [2.75, 3.05) is 13.2 Å². The number of aliphatic hydroxyl groups excluding tert-OH is 1. The predicted molar refractivity (Wildman–Crippen MR) is 88.6 cm³/mol. The molecule has 1 N–H and O–H groups in total. The number of carbonyl (C=O) groups is 1. The summed E-state index contributed by atoms with van der Waals surface area (Å²) in [5.74, 6) is 6.09. The summed E-state index contributed by atoms with van der Waals surface area (Å²) in [6.45, 7) is 5.42. The van der Waals surface area contributed by atoms with Gasteiger partial charge in [0.15, 0.2) is 5.60 Å². The maximum absolute atomic E-state index is 12.0. The number of ether oxygens (including phenoxy) is 1. The molecule has 0 unspecified atom stereocenters. The van der Waals surface area contributed by atoms with Crippen molar-refractivity contribution < 1.29 is 14.6 Å². The number of carbonyl (C=O) groups excluding carboxylic acids is 1. The van der Waals surface area contributed by atoms with Crippen molar-refractivity contribution in [1.29, 1.82) is 0 Å². The molecular weight excluding hydrogens is 290 g/mol. The number of nitrogens with zero attached hydrogens (tertiary/aromatic N) is 1. The lowest BCUT2D eigenvalue weighted by Gasteiger charge is -2.45. The van der Waals surface area contributed by atoms with Gasteiger partial charge in [0.2, 0.25) is 0 Å². The highest BCUT2D eigenvalue weighted by atomic mass is 16.6. The van der Waals surface area contributed by atoms with Gasteiger partial charge in [-0.1, -0.05) is 24.3 Å². The lowest BCUT2D eigenvalue weighted by atomic mass is 9.81. The van der Waals surface area contributed by atoms with E-state index in [4.69, 9.17) is 9.84 Å². The van der Waals surface area contributed by atoms with E-state index in [9.17, 15) is 4.79 Å². The number of esters is 1. The van der Waals surface area contributed by atoms with Crippen molar-refractivity contribution in [2.45, 2.75) is 63.6 Å². The van der Waals surface area contributed by atoms with E-state index < -0.39 is 5.60 Å². The highest BCUT2D eigenvalue weighted by Crippen LogP contribution is 2.44. The number of hydrogen-bond donors (Lipinski definition) is 1. The fourth-order valence-corrected chi connectivity index (χ4v) is 4.04. The summed E-state index contributed by atoms with van der Waals surface area (Å²) < 4.78 is 5.79. The molecule has 3 heterocycles. The molecular formula is C19H25NO3. The van der Waals surface area contributed by atoms with Crippen molar-refractivity contribution in [3.63, 3.8) is 0 Å². The third kappa shape index (κ3) is 2.96. The van der Waals surface area contributed by atoms with Crippen molar-refractivity contribution in [1.82, 2.24) is 4.90 Å². The highest BCUT2D eigenvalue weighted by Gasteiger charge is 2.51. The summed E-state index contributed by atoms with van der Waals surface area (Å²) in [5.41, 5.74) is 1.25. The Labute approximate surface area is 138 Å². The highest BCUT2D eigenvalue weighted by molar-refractivity contribution is 5.89. The van der Waals surface area contributed by atoms with Crippen molar-refractivity contribution in [3.8, 4) is 11.8 Å². The fourth-order valence-electron chi connectivity index (χ4n) is 4.04. The Morgan fingerprint density at radius 1 is 1.48 bits per heavy atom. The van der Waals surface area contributed by atoms with Gasteiger partial charge >= 0.3 is 5.97 Å². The second kappa shape index (κ2) is 6.51. The molecule has 0 bridgehead atoms. The molecule has 124 valence electrons. The molecule has 0 amide bonds. The zero-order chi connectivity index (χ0) is 16.4. The Morgan fingerprint density at radius 2 is 2.30 bits per heavy atom. The van der Waals surface area contributed by atoms with Crippen LogP contribution < -0.4 is 0 Å². The molecule has 0 aromatic rings. The second-order valence-electron chi connectivity index (χ2n) is 6.79. The minimum Gasteiger partial charge on any atom is -0.450 e. The number of rotatable bonds is 2. The molecule has 0 aromatic carbocycles. The lowest BCUT2D eigenvalue weighted by Crippen LogP contribution is -2.55. The number of fused-ring (bicyclic) bond motifs is 3. The van der Waals surface area contributed by atoms with E-state index >= 15 is 0 Å². The van der Waals surface area contributed by atoms with Gasteiger partial charge in [0.25, 0.3) is 0 Å². The SMILES string of the molecule is C[C@H]1C=C(C#CCCCO)C2=CC(=O)O[C@]2(C)[C@H]2CCCCN12. The van der Waals surface area contributed by atoms with E-state index in [0.717, 1.165) is 24.1 Å². The molecule has 3 aliphatic heterocycles. The van der Waals surface area contributed by atoms with E-state index in [1.54, 1.807) is 6.08 Å². The van der Waals surface area contributed by atoms with Crippen LogP contribution in [0.1, 0.15) is 46.0 Å². The summed E-state index contributed by atoms with van der Waals surface area (Å²) >= 11 is 0. The molecule has 0 aliphatic carbocycles. The maximum Gasteiger partial charge on any atom is 0.332 e. The zero-order valence-electron chi connectivity index (χ0n) is 14.0. The first kappa shape index (κ1) is 16.3. The normalized spacial score (nSPS) is 33.4. The monoisotopic (exact) mass is 315 g/mol. The van der Waals surface area contributed by atoms with Gasteiger partial charge in [0.05, 0.1) is 6.04 Å². The summed E-state index contributed by atoms with van der Waals surface area (Å²) in [4.78, 5) is 14.4. The van der Waals surface area contributed by atoms with Crippen molar-refractivity contribution in [2.24, 2.45) is 0 Å². The minimum atomic E-state index is -0.597. The molecule has 3 rings (SSSR count). The number of piperidine rings is 1. The van der Waals surface area contributed by atoms with Crippen molar-refractivity contribution in [3.05, 3.63) is 23.3 Å². The number of hydrogen-bond acceptors (Lipinski definition) is 4. The van der Waals surface area contributed by atoms with Crippen LogP contribution in [0, 0.1) is 11.8 Å². The van der Waals surface area contributed by atoms with E-state index in [-0.39, 0.29) is 24.7 Å². The Balaban J connectivity index is 1.99. The van der Waals surface area contributed by atoms with Gasteiger partial charge in [-0.2, -0.15) is 0 Å². The summed E-state index contributed by atoms with van der Waals surface area (Å²) in [7, 11) is 0. The van der Waals surface area contributed by atoms with Gasteiger partial charge in [0.1, 0.15) is 0 Å². The Morgan fingerprint density at radius 3 is 3.09 bits per heavy atom. The van der Waals surface area contributed by atoms with Gasteiger partial charge in [-0.3, -0.25) is 4.90 Å². The van der Waals surface area contributed by atoms with Crippen LogP contribution in [0.4, 0.5) is 0 Å². The molecule has 1 saturated heterocycles. The Bertz CT molecular complexity index is 610. The Kier molecular flexibility index (Phi) is 4.61. The number of unbranched alkanes of at least 4 members (excludes halogenated alkanes) is 1. The number of aliphatic hydroxyl groups is 1. The first-order chi connectivity index (χ1) is 11.1. The molecule has 4 heteroatoms. The fraction of sp³-hybridized carbons (Fsp3) is 0.632. The van der Waals surface area contributed by atoms with Gasteiger partial charge < -0.3 is 9.84 Å². The molecule has 4 nitrogen and oxygen atoms in total. The quantitative estimate of drug-likeness (QED) is 0.482. The molecule has 0 aromatic heterocycles. The maximum atomic E-state index is 12.0. The van der Waals surface area contributed by atoms with Crippen LogP contribution in [-0.2, 0) is 9.53 Å². The van der Waals surface area contributed by atoms with Crippen LogP contribution in [0.25, 0.3) is 0 Å². The van der Waals surface area contributed by atoms with Gasteiger partial charge in [-0.15, -0.1) is 0 Å². The van der Waals surface area contributed by atoms with Crippen molar-refractivity contribution >= 4 is 5.97 Å². The average molecular weight is 315 g/mol. The van der Waals surface area contributed by atoms with Crippen LogP contribution in [-0.4, -0.2) is 46.8 Å². The van der Waals surface area contributed by atoms with E-state index in [1.165, 1.54) is 12.8 Å². The largest absolute Gasteiger partial charge is 0.450 e. The third-order valence-electron chi connectivity index (χ3n) is 5.19. The van der Waals surface area contributed by atoms with E-state index in [0.29, 0.717) is 12.8 Å². The van der Waals surface area contributed by atoms with Gasteiger partial charge in [0, 0.05) is 36.3 Å². The predicted octanol–water partition coefficient (Wildman–Crippen LogP) is 2.19. The molecule has 0 spiro atoms. The van der Waals surface area contributed by atoms with Crippen LogP contribution in [0.3, 0.4) is 0 Å². The molecule has 0 saturated carbocycles. The smallest absolute Gasteiger partial charge is 0.332 e. The average Bonchev–Trinajstić information content (AvgIpc) is 2.82. The summed E-state index contributed by atoms with van der Waals surface area (Å²) in [6, 6.07) is 0.501. The molecule has 23 heavy (non-hydrogen) atoms. The van der Waals surface area contributed by atoms with E-state index in [1.807, 2.05) is 6.92 Å². The zero-order valence-corrected chi connectivity index (χ0v) is 14.0. The molecule has 1 fully saturated rings. The minimum absolute atomic E-state index is 0.155. The second-order valence-corrected chi connectivity index (χ2v) is 6.79. The molecule has 3 aliphatic rings. The van der Waals surface area contributed by atoms with Gasteiger partial charge in [-0.05, 0) is 39.7 Å². The van der Waals surface area contributed by atoms with Crippen LogP contribution >= 0.6 is 0 Å². The first-order valence-electron chi connectivity index (χ1n) is 8.59. The summed E-state index contributed by atoms with van der Waals surface area (Å²) in [6.07, 6.45) is 8.54. The van der Waals surface area contributed by atoms with Gasteiger partial charge in [-0.25, -0.2) is 4.79 Å². The van der Waals surface area contributed by atoms with Crippen LogP contribution in [0.15, 0.2) is 23.3 Å².